The van der Waals surface area contributed by atoms with Crippen molar-refractivity contribution in [3.63, 3.8) is 0 Å². The Morgan fingerprint density at radius 2 is 1.69 bits per heavy atom. The summed E-state index contributed by atoms with van der Waals surface area (Å²) in [6.45, 7) is 2.40. The SMILES string of the molecule is CN(C(=O)c1ccc(CNC(=O)C23CC4CC(CC(C4)C2)C3)cc1)C1CCNC1. The van der Waals surface area contributed by atoms with E-state index in [1.807, 2.05) is 36.2 Å². The zero-order valence-corrected chi connectivity index (χ0v) is 17.5. The smallest absolute Gasteiger partial charge is 0.253 e. The van der Waals surface area contributed by atoms with Crippen molar-refractivity contribution in [3.8, 4) is 0 Å². The molecule has 1 heterocycles. The van der Waals surface area contributed by atoms with Gasteiger partial charge in [0.25, 0.3) is 5.91 Å². The number of hydrogen-bond donors (Lipinski definition) is 2. The number of nitrogens with zero attached hydrogens (tertiary/aromatic N) is 1. The summed E-state index contributed by atoms with van der Waals surface area (Å²) >= 11 is 0. The molecule has 5 heteroatoms. The van der Waals surface area contributed by atoms with Crippen molar-refractivity contribution in [3.05, 3.63) is 35.4 Å². The third-order valence-corrected chi connectivity index (χ3v) is 8.08. The van der Waals surface area contributed by atoms with Gasteiger partial charge in [0.15, 0.2) is 0 Å². The summed E-state index contributed by atoms with van der Waals surface area (Å²) in [4.78, 5) is 27.7. The van der Waals surface area contributed by atoms with E-state index in [2.05, 4.69) is 10.6 Å². The summed E-state index contributed by atoms with van der Waals surface area (Å²) in [5.74, 6) is 2.69. The fraction of sp³-hybridized carbons (Fsp3) is 0.667. The van der Waals surface area contributed by atoms with Crippen LogP contribution < -0.4 is 10.6 Å². The molecular weight excluding hydrogens is 362 g/mol. The zero-order valence-electron chi connectivity index (χ0n) is 17.5. The second kappa shape index (κ2) is 7.42. The molecule has 4 bridgehead atoms. The highest BCUT2D eigenvalue weighted by atomic mass is 16.2. The first-order chi connectivity index (χ1) is 14.0. The van der Waals surface area contributed by atoms with E-state index >= 15 is 0 Å². The molecule has 2 amide bonds. The molecule has 5 nitrogen and oxygen atoms in total. The van der Waals surface area contributed by atoms with E-state index in [9.17, 15) is 9.59 Å². The quantitative estimate of drug-likeness (QED) is 0.806. The molecule has 0 radical (unpaired) electrons. The van der Waals surface area contributed by atoms with E-state index in [0.717, 1.165) is 67.7 Å². The highest BCUT2D eigenvalue weighted by Gasteiger charge is 2.54. The third-order valence-electron chi connectivity index (χ3n) is 8.08. The third kappa shape index (κ3) is 3.58. The second-order valence-electron chi connectivity index (χ2n) is 10.1. The van der Waals surface area contributed by atoms with Gasteiger partial charge in [-0.3, -0.25) is 9.59 Å². The van der Waals surface area contributed by atoms with Gasteiger partial charge in [-0.25, -0.2) is 0 Å². The van der Waals surface area contributed by atoms with E-state index < -0.39 is 0 Å². The molecular formula is C24H33N3O2. The summed E-state index contributed by atoms with van der Waals surface area (Å²) in [5, 5.41) is 6.54. The van der Waals surface area contributed by atoms with Crippen molar-refractivity contribution >= 4 is 11.8 Å². The maximum Gasteiger partial charge on any atom is 0.253 e. The monoisotopic (exact) mass is 395 g/mol. The summed E-state index contributed by atoms with van der Waals surface area (Å²) in [7, 11) is 1.89. The molecule has 5 aliphatic rings. The number of likely N-dealkylation sites (N-methyl/N-ethyl adjacent to an activating group) is 1. The van der Waals surface area contributed by atoms with Crippen molar-refractivity contribution in [2.75, 3.05) is 20.1 Å². The minimum Gasteiger partial charge on any atom is -0.352 e. The first-order valence-electron chi connectivity index (χ1n) is 11.4. The Kier molecular flexibility index (Phi) is 4.89. The van der Waals surface area contributed by atoms with E-state index in [4.69, 9.17) is 0 Å². The molecule has 5 fully saturated rings. The number of carbonyl (C=O) groups excluding carboxylic acids is 2. The summed E-state index contributed by atoms with van der Waals surface area (Å²) in [5.41, 5.74) is 1.68. The molecule has 0 aromatic heterocycles. The first kappa shape index (κ1) is 19.1. The molecule has 6 rings (SSSR count). The van der Waals surface area contributed by atoms with Crippen LogP contribution in [0.2, 0.25) is 0 Å². The maximum atomic E-state index is 13.1. The van der Waals surface area contributed by atoms with Crippen LogP contribution in [0.1, 0.15) is 60.9 Å². The van der Waals surface area contributed by atoms with Crippen LogP contribution in [-0.2, 0) is 11.3 Å². The number of hydrogen-bond acceptors (Lipinski definition) is 3. The fourth-order valence-electron chi connectivity index (χ4n) is 6.86. The molecule has 2 N–H and O–H groups in total. The van der Waals surface area contributed by atoms with Gasteiger partial charge in [-0.2, -0.15) is 0 Å². The Bertz CT molecular complexity index is 747. The average Bonchev–Trinajstić information content (AvgIpc) is 3.25. The van der Waals surface area contributed by atoms with Gasteiger partial charge in [0.2, 0.25) is 5.91 Å². The lowest BCUT2D eigenvalue weighted by molar-refractivity contribution is -0.146. The zero-order chi connectivity index (χ0) is 20.0. The molecule has 4 saturated carbocycles. The van der Waals surface area contributed by atoms with Crippen LogP contribution in [0, 0.1) is 23.2 Å². The van der Waals surface area contributed by atoms with Gasteiger partial charge in [-0.15, -0.1) is 0 Å². The van der Waals surface area contributed by atoms with E-state index in [1.54, 1.807) is 0 Å². The van der Waals surface area contributed by atoms with Crippen molar-refractivity contribution in [2.45, 2.75) is 57.5 Å². The molecule has 156 valence electrons. The Hall–Kier alpha value is -1.88. The molecule has 1 unspecified atom stereocenters. The number of amides is 2. The van der Waals surface area contributed by atoms with Crippen molar-refractivity contribution in [1.82, 2.24) is 15.5 Å². The summed E-state index contributed by atoms with van der Waals surface area (Å²) in [6.07, 6.45) is 8.37. The second-order valence-corrected chi connectivity index (χ2v) is 10.1. The Morgan fingerprint density at radius 3 is 2.24 bits per heavy atom. The van der Waals surface area contributed by atoms with Gasteiger partial charge >= 0.3 is 0 Å². The molecule has 1 atom stereocenters. The summed E-state index contributed by atoms with van der Waals surface area (Å²) < 4.78 is 0. The van der Waals surface area contributed by atoms with Gasteiger partial charge in [-0.1, -0.05) is 12.1 Å². The lowest BCUT2D eigenvalue weighted by Gasteiger charge is -2.55. The van der Waals surface area contributed by atoms with Gasteiger partial charge in [0.05, 0.1) is 0 Å². The van der Waals surface area contributed by atoms with Gasteiger partial charge in [0.1, 0.15) is 0 Å². The van der Waals surface area contributed by atoms with Crippen LogP contribution >= 0.6 is 0 Å². The molecule has 1 saturated heterocycles. The Labute approximate surface area is 173 Å². The number of carbonyl (C=O) groups is 2. The van der Waals surface area contributed by atoms with Gasteiger partial charge in [0, 0.05) is 37.2 Å². The van der Waals surface area contributed by atoms with Crippen molar-refractivity contribution in [2.24, 2.45) is 23.2 Å². The Balaban J connectivity index is 1.18. The van der Waals surface area contributed by atoms with Crippen LogP contribution in [0.25, 0.3) is 0 Å². The summed E-state index contributed by atoms with van der Waals surface area (Å²) in [6, 6.07) is 8.03. The van der Waals surface area contributed by atoms with Gasteiger partial charge < -0.3 is 15.5 Å². The van der Waals surface area contributed by atoms with Crippen molar-refractivity contribution in [1.29, 1.82) is 0 Å². The molecule has 1 aromatic carbocycles. The topological polar surface area (TPSA) is 61.4 Å². The Morgan fingerprint density at radius 1 is 1.07 bits per heavy atom. The molecule has 1 aliphatic heterocycles. The molecule has 29 heavy (non-hydrogen) atoms. The minimum atomic E-state index is -0.0946. The van der Waals surface area contributed by atoms with Crippen LogP contribution in [-0.4, -0.2) is 42.9 Å². The normalized spacial score (nSPS) is 34.9. The number of rotatable bonds is 5. The highest BCUT2D eigenvalue weighted by molar-refractivity contribution is 5.94. The number of nitrogens with one attached hydrogen (secondary N) is 2. The lowest BCUT2D eigenvalue weighted by Crippen LogP contribution is -2.53. The molecule has 4 aliphatic carbocycles. The van der Waals surface area contributed by atoms with Crippen LogP contribution in [0.5, 0.6) is 0 Å². The molecule has 1 aromatic rings. The standard InChI is InChI=1S/C24H33N3O2/c1-27(21-6-7-25-15-21)22(28)20-4-2-16(3-5-20)14-26-23(29)24-11-17-8-18(12-24)10-19(9-17)13-24/h2-5,17-19,21,25H,6-15H2,1H3,(H,26,29). The van der Waals surface area contributed by atoms with E-state index in [0.29, 0.717) is 6.54 Å². The fourth-order valence-corrected chi connectivity index (χ4v) is 6.86. The van der Waals surface area contributed by atoms with Gasteiger partial charge in [-0.05, 0) is 86.9 Å². The maximum absolute atomic E-state index is 13.1. The first-order valence-corrected chi connectivity index (χ1v) is 11.4. The molecule has 0 spiro atoms. The van der Waals surface area contributed by atoms with Crippen LogP contribution in [0.15, 0.2) is 24.3 Å². The number of benzene rings is 1. The predicted molar refractivity (Wildman–Crippen MR) is 112 cm³/mol. The minimum absolute atomic E-state index is 0.0721. The van der Waals surface area contributed by atoms with Crippen LogP contribution in [0.4, 0.5) is 0 Å². The van der Waals surface area contributed by atoms with Crippen LogP contribution in [0.3, 0.4) is 0 Å². The highest BCUT2D eigenvalue weighted by Crippen LogP contribution is 2.60. The predicted octanol–water partition coefficient (Wildman–Crippen LogP) is 2.95. The lowest BCUT2D eigenvalue weighted by atomic mass is 9.49. The average molecular weight is 396 g/mol. The van der Waals surface area contributed by atoms with E-state index in [1.165, 1.54) is 19.3 Å². The largest absolute Gasteiger partial charge is 0.352 e. The van der Waals surface area contributed by atoms with Crippen molar-refractivity contribution < 1.29 is 9.59 Å². The van der Waals surface area contributed by atoms with E-state index in [-0.39, 0.29) is 23.3 Å².